The summed E-state index contributed by atoms with van der Waals surface area (Å²) in [5.41, 5.74) is 3.76. The van der Waals surface area contributed by atoms with Crippen LogP contribution >= 0.6 is 11.6 Å². The molecule has 1 N–H and O–H groups in total. The Morgan fingerprint density at radius 1 is 1.00 bits per heavy atom. The Labute approximate surface area is 180 Å². The van der Waals surface area contributed by atoms with Crippen molar-refractivity contribution in [2.45, 2.75) is 20.4 Å². The Kier molecular flexibility index (Phi) is 6.52. The number of benzene rings is 2. The molecule has 1 amide bonds. The van der Waals surface area contributed by atoms with Gasteiger partial charge in [0.1, 0.15) is 5.75 Å². The number of nitrogens with zero attached hydrogens (tertiary/aromatic N) is 2. The highest BCUT2D eigenvalue weighted by molar-refractivity contribution is 6.31. The number of carbonyl (C=O) groups excluding carboxylic acids is 1. The standard InChI is InChI=1S/C22H24ClN3O4/c1-13-21(23)14(2)26(25-13)17-8-6-15(7-9-17)22(27)24-12-16-10-19(29-4)20(30-5)11-18(16)28-3/h6-11H,12H2,1-5H3,(H,24,27). The van der Waals surface area contributed by atoms with E-state index in [2.05, 4.69) is 10.4 Å². The molecular weight excluding hydrogens is 406 g/mol. The van der Waals surface area contributed by atoms with Crippen LogP contribution in [0.25, 0.3) is 5.69 Å². The average molecular weight is 430 g/mol. The van der Waals surface area contributed by atoms with Gasteiger partial charge in [-0.1, -0.05) is 11.6 Å². The van der Waals surface area contributed by atoms with Crippen molar-refractivity contribution in [2.75, 3.05) is 21.3 Å². The Balaban J connectivity index is 1.75. The number of amides is 1. The second-order valence-electron chi connectivity index (χ2n) is 6.65. The lowest BCUT2D eigenvalue weighted by Gasteiger charge is -2.14. The number of hydrogen-bond donors (Lipinski definition) is 1. The lowest BCUT2D eigenvalue weighted by atomic mass is 10.1. The van der Waals surface area contributed by atoms with Crippen molar-refractivity contribution in [1.29, 1.82) is 0 Å². The van der Waals surface area contributed by atoms with Gasteiger partial charge in [0, 0.05) is 23.7 Å². The average Bonchev–Trinajstić information content (AvgIpc) is 3.04. The summed E-state index contributed by atoms with van der Waals surface area (Å²) in [6, 6.07) is 10.7. The van der Waals surface area contributed by atoms with Crippen molar-refractivity contribution in [3.05, 3.63) is 63.9 Å². The van der Waals surface area contributed by atoms with Crippen molar-refractivity contribution >= 4 is 17.5 Å². The molecule has 0 saturated heterocycles. The number of aryl methyl sites for hydroxylation is 1. The van der Waals surface area contributed by atoms with E-state index < -0.39 is 0 Å². The number of ether oxygens (including phenoxy) is 3. The predicted molar refractivity (Wildman–Crippen MR) is 115 cm³/mol. The molecule has 0 atom stereocenters. The summed E-state index contributed by atoms with van der Waals surface area (Å²) in [5, 5.41) is 7.97. The third kappa shape index (κ3) is 4.21. The molecule has 0 aliphatic heterocycles. The first-order valence-electron chi connectivity index (χ1n) is 9.28. The molecule has 0 spiro atoms. The molecule has 3 rings (SSSR count). The third-order valence-electron chi connectivity index (χ3n) is 4.80. The molecule has 0 unspecified atom stereocenters. The highest BCUT2D eigenvalue weighted by Crippen LogP contribution is 2.34. The van der Waals surface area contributed by atoms with E-state index in [0.717, 1.165) is 22.6 Å². The molecule has 0 fully saturated rings. The molecule has 1 heterocycles. The van der Waals surface area contributed by atoms with Crippen LogP contribution in [0.1, 0.15) is 27.3 Å². The molecule has 0 aliphatic carbocycles. The largest absolute Gasteiger partial charge is 0.496 e. The van der Waals surface area contributed by atoms with Gasteiger partial charge in [0.2, 0.25) is 0 Å². The van der Waals surface area contributed by atoms with Crippen LogP contribution in [0.4, 0.5) is 0 Å². The zero-order valence-corrected chi connectivity index (χ0v) is 18.3. The molecular formula is C22H24ClN3O4. The second kappa shape index (κ2) is 9.09. The number of aromatic nitrogens is 2. The van der Waals surface area contributed by atoms with Gasteiger partial charge in [-0.2, -0.15) is 5.10 Å². The molecule has 0 bridgehead atoms. The molecule has 2 aromatic carbocycles. The van der Waals surface area contributed by atoms with Crippen LogP contribution in [0, 0.1) is 13.8 Å². The first kappa shape index (κ1) is 21.5. The van der Waals surface area contributed by atoms with E-state index >= 15 is 0 Å². The monoisotopic (exact) mass is 429 g/mol. The Hall–Kier alpha value is -3.19. The first-order chi connectivity index (χ1) is 14.4. The van der Waals surface area contributed by atoms with Crippen molar-refractivity contribution in [3.63, 3.8) is 0 Å². The van der Waals surface area contributed by atoms with E-state index in [1.165, 1.54) is 0 Å². The van der Waals surface area contributed by atoms with E-state index in [4.69, 9.17) is 25.8 Å². The van der Waals surface area contributed by atoms with E-state index in [0.29, 0.717) is 27.8 Å². The Morgan fingerprint density at radius 3 is 2.13 bits per heavy atom. The third-order valence-corrected chi connectivity index (χ3v) is 5.35. The first-order valence-corrected chi connectivity index (χ1v) is 9.66. The minimum Gasteiger partial charge on any atom is -0.496 e. The van der Waals surface area contributed by atoms with Gasteiger partial charge >= 0.3 is 0 Å². The van der Waals surface area contributed by atoms with E-state index in [1.807, 2.05) is 26.0 Å². The fraction of sp³-hybridized carbons (Fsp3) is 0.273. The molecule has 0 aliphatic rings. The zero-order valence-electron chi connectivity index (χ0n) is 17.6. The van der Waals surface area contributed by atoms with Gasteiger partial charge in [-0.05, 0) is 44.2 Å². The van der Waals surface area contributed by atoms with Gasteiger partial charge in [-0.3, -0.25) is 4.79 Å². The number of rotatable bonds is 7. The maximum Gasteiger partial charge on any atom is 0.251 e. The highest BCUT2D eigenvalue weighted by atomic mass is 35.5. The van der Waals surface area contributed by atoms with Gasteiger partial charge in [-0.25, -0.2) is 4.68 Å². The summed E-state index contributed by atoms with van der Waals surface area (Å²) in [7, 11) is 4.68. The van der Waals surface area contributed by atoms with E-state index in [9.17, 15) is 4.79 Å². The van der Waals surface area contributed by atoms with Crippen LogP contribution in [-0.4, -0.2) is 37.0 Å². The van der Waals surface area contributed by atoms with Crippen LogP contribution in [0.15, 0.2) is 36.4 Å². The second-order valence-corrected chi connectivity index (χ2v) is 7.02. The maximum absolute atomic E-state index is 12.6. The number of methoxy groups -OCH3 is 3. The van der Waals surface area contributed by atoms with Crippen LogP contribution in [0.2, 0.25) is 5.02 Å². The molecule has 3 aromatic rings. The topological polar surface area (TPSA) is 74.6 Å². The molecule has 8 heteroatoms. The smallest absolute Gasteiger partial charge is 0.251 e. The highest BCUT2D eigenvalue weighted by Gasteiger charge is 2.14. The van der Waals surface area contributed by atoms with E-state index in [1.54, 1.807) is 50.3 Å². The van der Waals surface area contributed by atoms with Gasteiger partial charge in [0.25, 0.3) is 5.91 Å². The van der Waals surface area contributed by atoms with E-state index in [-0.39, 0.29) is 12.5 Å². The fourth-order valence-corrected chi connectivity index (χ4v) is 3.26. The number of halogens is 1. The van der Waals surface area contributed by atoms with Crippen molar-refractivity contribution in [1.82, 2.24) is 15.1 Å². The molecule has 1 aromatic heterocycles. The molecule has 0 saturated carbocycles. The summed E-state index contributed by atoms with van der Waals surface area (Å²) < 4.78 is 17.8. The summed E-state index contributed by atoms with van der Waals surface area (Å²) in [4.78, 5) is 12.6. The summed E-state index contributed by atoms with van der Waals surface area (Å²) in [6.07, 6.45) is 0. The van der Waals surface area contributed by atoms with Crippen molar-refractivity contribution in [2.24, 2.45) is 0 Å². The molecule has 158 valence electrons. The summed E-state index contributed by atoms with van der Waals surface area (Å²) in [5.74, 6) is 1.52. The number of nitrogens with one attached hydrogen (secondary N) is 1. The number of carbonyl (C=O) groups is 1. The molecule has 30 heavy (non-hydrogen) atoms. The molecule has 0 radical (unpaired) electrons. The predicted octanol–water partition coefficient (Wildman–Crippen LogP) is 4.10. The minimum atomic E-state index is -0.204. The summed E-state index contributed by atoms with van der Waals surface area (Å²) >= 11 is 6.22. The Morgan fingerprint density at radius 2 is 1.60 bits per heavy atom. The lowest BCUT2D eigenvalue weighted by Crippen LogP contribution is -2.23. The zero-order chi connectivity index (χ0) is 21.8. The van der Waals surface area contributed by atoms with Crippen molar-refractivity contribution < 1.29 is 19.0 Å². The lowest BCUT2D eigenvalue weighted by molar-refractivity contribution is 0.0950. The summed E-state index contributed by atoms with van der Waals surface area (Å²) in [6.45, 7) is 4.03. The van der Waals surface area contributed by atoms with Gasteiger partial charge in [-0.15, -0.1) is 0 Å². The van der Waals surface area contributed by atoms with Crippen LogP contribution in [-0.2, 0) is 6.54 Å². The SMILES string of the molecule is COc1cc(OC)c(OC)cc1CNC(=O)c1ccc(-n2nc(C)c(Cl)c2C)cc1. The normalized spacial score (nSPS) is 10.6. The van der Waals surface area contributed by atoms with Gasteiger partial charge in [0.05, 0.1) is 43.4 Å². The van der Waals surface area contributed by atoms with Crippen LogP contribution in [0.5, 0.6) is 17.2 Å². The maximum atomic E-state index is 12.6. The quantitative estimate of drug-likeness (QED) is 0.612. The minimum absolute atomic E-state index is 0.204. The van der Waals surface area contributed by atoms with Gasteiger partial charge in [0.15, 0.2) is 11.5 Å². The Bertz CT molecular complexity index is 1060. The van der Waals surface area contributed by atoms with Crippen LogP contribution < -0.4 is 19.5 Å². The fourth-order valence-electron chi connectivity index (χ4n) is 3.14. The van der Waals surface area contributed by atoms with Crippen LogP contribution in [0.3, 0.4) is 0 Å². The molecule has 7 nitrogen and oxygen atoms in total. The number of hydrogen-bond acceptors (Lipinski definition) is 5. The van der Waals surface area contributed by atoms with Gasteiger partial charge < -0.3 is 19.5 Å². The van der Waals surface area contributed by atoms with Crippen molar-refractivity contribution in [3.8, 4) is 22.9 Å².